The minimum atomic E-state index is -2.84. The van der Waals surface area contributed by atoms with Crippen molar-refractivity contribution in [2.45, 2.75) is 19.6 Å². The Balaban J connectivity index is 2.08. The van der Waals surface area contributed by atoms with Crippen LogP contribution in [0.5, 0.6) is 5.75 Å². The van der Waals surface area contributed by atoms with Gasteiger partial charge in [0, 0.05) is 30.3 Å². The van der Waals surface area contributed by atoms with Crippen LogP contribution in [-0.4, -0.2) is 36.3 Å². The van der Waals surface area contributed by atoms with E-state index in [-0.39, 0.29) is 18.3 Å². The molecule has 1 N–H and O–H groups in total. The van der Waals surface area contributed by atoms with Crippen LogP contribution in [-0.2, 0) is 6.54 Å². The van der Waals surface area contributed by atoms with Crippen LogP contribution >= 0.6 is 11.6 Å². The van der Waals surface area contributed by atoms with Gasteiger partial charge in [-0.2, -0.15) is 8.78 Å². The maximum atomic E-state index is 12.3. The smallest absolute Gasteiger partial charge is 0.387 e. The number of halogens is 3. The first-order valence-electron chi connectivity index (χ1n) is 6.15. The molecule has 0 amide bonds. The lowest BCUT2D eigenvalue weighted by atomic mass is 10.1. The highest BCUT2D eigenvalue weighted by Crippen LogP contribution is 2.27. The molecular weight excluding hydrogens is 276 g/mol. The minimum absolute atomic E-state index is 0.159. The van der Waals surface area contributed by atoms with Crippen molar-refractivity contribution in [3.63, 3.8) is 0 Å². The van der Waals surface area contributed by atoms with Crippen LogP contribution in [0.2, 0.25) is 5.02 Å². The second-order valence-corrected chi connectivity index (χ2v) is 5.14. The lowest BCUT2D eigenvalue weighted by Crippen LogP contribution is -2.21. The van der Waals surface area contributed by atoms with Crippen LogP contribution < -0.4 is 4.74 Å². The first kappa shape index (κ1) is 14.5. The molecule has 3 nitrogen and oxygen atoms in total. The van der Waals surface area contributed by atoms with Gasteiger partial charge in [0.05, 0.1) is 0 Å². The zero-order chi connectivity index (χ0) is 13.8. The van der Waals surface area contributed by atoms with Gasteiger partial charge in [0.1, 0.15) is 5.75 Å². The summed E-state index contributed by atoms with van der Waals surface area (Å²) in [6, 6.07) is 4.64. The predicted octanol–water partition coefficient (Wildman–Crippen LogP) is 2.76. The molecule has 1 unspecified atom stereocenters. The van der Waals surface area contributed by atoms with Crippen molar-refractivity contribution in [2.75, 3.05) is 19.7 Å². The number of aliphatic hydroxyl groups excluding tert-OH is 1. The van der Waals surface area contributed by atoms with Gasteiger partial charge in [0.2, 0.25) is 0 Å². The fourth-order valence-corrected chi connectivity index (χ4v) is 2.52. The third-order valence-corrected chi connectivity index (χ3v) is 3.50. The Hall–Kier alpha value is -0.910. The molecule has 0 bridgehead atoms. The molecule has 0 saturated carbocycles. The summed E-state index contributed by atoms with van der Waals surface area (Å²) in [4.78, 5) is 2.10. The zero-order valence-electron chi connectivity index (χ0n) is 10.4. The maximum absolute atomic E-state index is 12.3. The zero-order valence-corrected chi connectivity index (χ0v) is 11.1. The van der Waals surface area contributed by atoms with E-state index in [1.807, 2.05) is 0 Å². The number of hydrogen-bond donors (Lipinski definition) is 1. The summed E-state index contributed by atoms with van der Waals surface area (Å²) in [6.45, 7) is -0.585. The number of aliphatic hydroxyl groups is 1. The largest absolute Gasteiger partial charge is 0.434 e. The second kappa shape index (κ2) is 6.50. The van der Waals surface area contributed by atoms with E-state index in [2.05, 4.69) is 9.64 Å². The minimum Gasteiger partial charge on any atom is -0.434 e. The van der Waals surface area contributed by atoms with Crippen molar-refractivity contribution in [3.8, 4) is 5.75 Å². The van der Waals surface area contributed by atoms with Gasteiger partial charge >= 0.3 is 6.61 Å². The molecule has 1 aromatic rings. The number of benzene rings is 1. The Kier molecular flexibility index (Phi) is 4.96. The number of ether oxygens (including phenoxy) is 1. The third kappa shape index (κ3) is 4.03. The summed E-state index contributed by atoms with van der Waals surface area (Å²) in [5, 5.41) is 9.59. The van der Waals surface area contributed by atoms with Crippen LogP contribution in [0.3, 0.4) is 0 Å². The molecule has 1 aliphatic rings. The van der Waals surface area contributed by atoms with Gasteiger partial charge in [-0.15, -0.1) is 0 Å². The lowest BCUT2D eigenvalue weighted by molar-refractivity contribution is -0.0507. The van der Waals surface area contributed by atoms with Crippen molar-refractivity contribution < 1.29 is 18.6 Å². The average molecular weight is 292 g/mol. The predicted molar refractivity (Wildman–Crippen MR) is 68.6 cm³/mol. The van der Waals surface area contributed by atoms with E-state index in [1.54, 1.807) is 6.07 Å². The molecule has 0 spiro atoms. The Labute approximate surface area is 115 Å². The van der Waals surface area contributed by atoms with Crippen molar-refractivity contribution in [2.24, 2.45) is 5.92 Å². The van der Waals surface area contributed by atoms with E-state index in [1.165, 1.54) is 12.1 Å². The Morgan fingerprint density at radius 1 is 1.47 bits per heavy atom. The Bertz CT molecular complexity index is 431. The highest BCUT2D eigenvalue weighted by Gasteiger charge is 2.23. The van der Waals surface area contributed by atoms with Crippen molar-refractivity contribution in [1.29, 1.82) is 0 Å². The monoisotopic (exact) mass is 291 g/mol. The SMILES string of the molecule is OCC1CCN(Cc2cc(Cl)ccc2OC(F)F)C1. The summed E-state index contributed by atoms with van der Waals surface area (Å²) >= 11 is 5.89. The highest BCUT2D eigenvalue weighted by atomic mass is 35.5. The fourth-order valence-electron chi connectivity index (χ4n) is 2.33. The summed E-state index contributed by atoms with van der Waals surface area (Å²) in [5.74, 6) is 0.422. The number of likely N-dealkylation sites (tertiary alicyclic amines) is 1. The van der Waals surface area contributed by atoms with E-state index in [9.17, 15) is 8.78 Å². The van der Waals surface area contributed by atoms with Gasteiger partial charge < -0.3 is 9.84 Å². The number of nitrogens with zero attached hydrogens (tertiary/aromatic N) is 1. The van der Waals surface area contributed by atoms with Crippen LogP contribution in [0, 0.1) is 5.92 Å². The van der Waals surface area contributed by atoms with Crippen molar-refractivity contribution >= 4 is 11.6 Å². The topological polar surface area (TPSA) is 32.7 Å². The van der Waals surface area contributed by atoms with Gasteiger partial charge in [-0.25, -0.2) is 0 Å². The van der Waals surface area contributed by atoms with E-state index >= 15 is 0 Å². The molecule has 0 aliphatic carbocycles. The molecule has 0 radical (unpaired) electrons. The lowest BCUT2D eigenvalue weighted by Gasteiger charge is -2.18. The van der Waals surface area contributed by atoms with Gasteiger partial charge in [0.15, 0.2) is 0 Å². The standard InChI is InChI=1S/C13H16ClF2NO2/c14-11-1-2-12(19-13(15)16)10(5-11)7-17-4-3-9(6-17)8-18/h1-2,5,9,13,18H,3-4,6-8H2. The molecule has 1 fully saturated rings. The molecule has 1 saturated heterocycles. The summed E-state index contributed by atoms with van der Waals surface area (Å²) < 4.78 is 29.2. The van der Waals surface area contributed by atoms with E-state index < -0.39 is 6.61 Å². The van der Waals surface area contributed by atoms with Crippen LogP contribution in [0.4, 0.5) is 8.78 Å². The van der Waals surface area contributed by atoms with Gasteiger partial charge in [-0.1, -0.05) is 11.6 Å². The Morgan fingerprint density at radius 3 is 2.89 bits per heavy atom. The quantitative estimate of drug-likeness (QED) is 0.905. The molecule has 1 aliphatic heterocycles. The Morgan fingerprint density at radius 2 is 2.26 bits per heavy atom. The molecule has 6 heteroatoms. The first-order valence-corrected chi connectivity index (χ1v) is 6.52. The molecule has 0 aromatic heterocycles. The van der Waals surface area contributed by atoms with E-state index in [0.717, 1.165) is 19.5 Å². The van der Waals surface area contributed by atoms with Gasteiger partial charge in [-0.05, 0) is 37.1 Å². The molecule has 1 aromatic carbocycles. The number of hydrogen-bond acceptors (Lipinski definition) is 3. The second-order valence-electron chi connectivity index (χ2n) is 4.70. The fraction of sp³-hybridized carbons (Fsp3) is 0.538. The normalized spacial score (nSPS) is 20.2. The maximum Gasteiger partial charge on any atom is 0.387 e. The van der Waals surface area contributed by atoms with Crippen LogP contribution in [0.1, 0.15) is 12.0 Å². The summed E-state index contributed by atoms with van der Waals surface area (Å²) in [5.41, 5.74) is 0.645. The van der Waals surface area contributed by atoms with E-state index in [4.69, 9.17) is 16.7 Å². The van der Waals surface area contributed by atoms with Crippen molar-refractivity contribution in [1.82, 2.24) is 4.90 Å². The first-order chi connectivity index (χ1) is 9.08. The number of rotatable bonds is 5. The van der Waals surface area contributed by atoms with Crippen LogP contribution in [0.25, 0.3) is 0 Å². The molecule has 2 rings (SSSR count). The molecular formula is C13H16ClF2NO2. The van der Waals surface area contributed by atoms with Crippen molar-refractivity contribution in [3.05, 3.63) is 28.8 Å². The molecule has 1 atom stereocenters. The summed E-state index contributed by atoms with van der Waals surface area (Å²) in [6.07, 6.45) is 0.919. The van der Waals surface area contributed by atoms with Gasteiger partial charge in [0.25, 0.3) is 0 Å². The molecule has 106 valence electrons. The van der Waals surface area contributed by atoms with Crippen LogP contribution in [0.15, 0.2) is 18.2 Å². The summed E-state index contributed by atoms with van der Waals surface area (Å²) in [7, 11) is 0. The van der Waals surface area contributed by atoms with E-state index in [0.29, 0.717) is 17.1 Å². The average Bonchev–Trinajstić information content (AvgIpc) is 2.80. The number of alkyl halides is 2. The molecule has 1 heterocycles. The highest BCUT2D eigenvalue weighted by molar-refractivity contribution is 6.30. The van der Waals surface area contributed by atoms with Gasteiger partial charge in [-0.3, -0.25) is 4.90 Å². The molecule has 19 heavy (non-hydrogen) atoms. The third-order valence-electron chi connectivity index (χ3n) is 3.26.